The normalized spacial score (nSPS) is 18.8. The molecular formula is C42H41BN2. The fraction of sp³-hybridized carbons (Fsp3) is 0.286. The number of hydrogen-bond acceptors (Lipinski definition) is 2. The van der Waals surface area contributed by atoms with Gasteiger partial charge in [0.05, 0.1) is 5.69 Å². The molecule has 0 spiro atoms. The molecule has 3 heteroatoms. The Hall–Kier alpha value is -4.24. The summed E-state index contributed by atoms with van der Waals surface area (Å²) in [5.41, 5.74) is 19.4. The van der Waals surface area contributed by atoms with Gasteiger partial charge in [-0.2, -0.15) is 0 Å². The van der Waals surface area contributed by atoms with Gasteiger partial charge in [-0.1, -0.05) is 102 Å². The summed E-state index contributed by atoms with van der Waals surface area (Å²) in [4.78, 5) is 5.28. The molecule has 4 aliphatic rings. The van der Waals surface area contributed by atoms with Crippen LogP contribution in [0.15, 0.2) is 97.1 Å². The van der Waals surface area contributed by atoms with Gasteiger partial charge in [0.25, 0.3) is 0 Å². The summed E-state index contributed by atoms with van der Waals surface area (Å²) in [6.07, 6.45) is 2.41. The molecule has 0 fully saturated rings. The Morgan fingerprint density at radius 3 is 2.00 bits per heavy atom. The van der Waals surface area contributed by atoms with E-state index in [1.54, 1.807) is 0 Å². The highest BCUT2D eigenvalue weighted by Crippen LogP contribution is 2.56. The molecule has 0 aromatic heterocycles. The lowest BCUT2D eigenvalue weighted by atomic mass is 9.42. The van der Waals surface area contributed by atoms with Gasteiger partial charge in [-0.15, -0.1) is 0 Å². The number of nitrogens with zero attached hydrogens (tertiary/aromatic N) is 2. The lowest BCUT2D eigenvalue weighted by Gasteiger charge is -2.51. The molecule has 0 unspecified atom stereocenters. The lowest BCUT2D eigenvalue weighted by molar-refractivity contribution is 0.332. The van der Waals surface area contributed by atoms with Crippen LogP contribution >= 0.6 is 0 Å². The Morgan fingerprint density at radius 2 is 1.24 bits per heavy atom. The van der Waals surface area contributed by atoms with Crippen LogP contribution in [0.4, 0.5) is 28.4 Å². The predicted octanol–water partition coefficient (Wildman–Crippen LogP) is 9.69. The molecule has 0 atom stereocenters. The maximum absolute atomic E-state index is 2.68. The van der Waals surface area contributed by atoms with Crippen molar-refractivity contribution in [3.05, 3.63) is 125 Å². The summed E-state index contributed by atoms with van der Waals surface area (Å²) in [5, 5.41) is 0. The Kier molecular flexibility index (Phi) is 5.25. The monoisotopic (exact) mass is 584 g/mol. The van der Waals surface area contributed by atoms with Crippen molar-refractivity contribution < 1.29 is 0 Å². The van der Waals surface area contributed by atoms with Gasteiger partial charge in [0.15, 0.2) is 0 Å². The summed E-state index contributed by atoms with van der Waals surface area (Å²) in [6, 6.07) is 37.4. The second-order valence-electron chi connectivity index (χ2n) is 15.8. The third-order valence-electron chi connectivity index (χ3n) is 11.7. The van der Waals surface area contributed by atoms with E-state index in [-0.39, 0.29) is 23.1 Å². The van der Waals surface area contributed by atoms with Crippen LogP contribution in [0, 0.1) is 6.92 Å². The van der Waals surface area contributed by atoms with E-state index in [0.717, 1.165) is 0 Å². The summed E-state index contributed by atoms with van der Waals surface area (Å²) < 4.78 is 0. The predicted molar refractivity (Wildman–Crippen MR) is 192 cm³/mol. The summed E-state index contributed by atoms with van der Waals surface area (Å²) in [6.45, 7) is 16.9. The molecule has 0 saturated heterocycles. The molecule has 5 aromatic carbocycles. The highest BCUT2D eigenvalue weighted by molar-refractivity contribution is 6.93. The Balaban J connectivity index is 1.44. The maximum atomic E-state index is 2.68. The number of para-hydroxylation sites is 3. The largest absolute Gasteiger partial charge is 0.376 e. The number of benzene rings is 5. The van der Waals surface area contributed by atoms with Gasteiger partial charge < -0.3 is 9.71 Å². The molecule has 5 aromatic rings. The molecule has 0 bridgehead atoms. The van der Waals surface area contributed by atoms with Crippen molar-refractivity contribution in [3.8, 4) is 11.1 Å². The summed E-state index contributed by atoms with van der Waals surface area (Å²) in [5.74, 6) is 0. The fourth-order valence-corrected chi connectivity index (χ4v) is 9.18. The molecule has 0 radical (unpaired) electrons. The highest BCUT2D eigenvalue weighted by Gasteiger charge is 2.50. The average molecular weight is 585 g/mol. The van der Waals surface area contributed by atoms with E-state index >= 15 is 0 Å². The molecule has 0 amide bonds. The van der Waals surface area contributed by atoms with Crippen LogP contribution in [0.3, 0.4) is 0 Å². The topological polar surface area (TPSA) is 6.48 Å². The zero-order valence-corrected chi connectivity index (χ0v) is 27.6. The van der Waals surface area contributed by atoms with E-state index in [9.17, 15) is 0 Å². The molecule has 0 saturated carbocycles. The maximum Gasteiger partial charge on any atom is 0.333 e. The molecule has 2 nitrogen and oxygen atoms in total. The van der Waals surface area contributed by atoms with Crippen LogP contribution in [0.1, 0.15) is 82.2 Å². The first-order chi connectivity index (χ1) is 21.5. The molecular weight excluding hydrogens is 543 g/mol. The van der Waals surface area contributed by atoms with Gasteiger partial charge in [-0.05, 0) is 111 Å². The number of hydrogen-bond donors (Lipinski definition) is 0. The first kappa shape index (κ1) is 27.1. The van der Waals surface area contributed by atoms with E-state index in [1.165, 1.54) is 91.1 Å². The van der Waals surface area contributed by atoms with Gasteiger partial charge in [-0.3, -0.25) is 0 Å². The minimum Gasteiger partial charge on any atom is -0.376 e. The van der Waals surface area contributed by atoms with Crippen molar-refractivity contribution in [1.82, 2.24) is 0 Å². The van der Waals surface area contributed by atoms with E-state index in [4.69, 9.17) is 0 Å². The third kappa shape index (κ3) is 3.47. The van der Waals surface area contributed by atoms with Crippen LogP contribution in [0.2, 0.25) is 0 Å². The smallest absolute Gasteiger partial charge is 0.333 e. The van der Waals surface area contributed by atoms with Crippen molar-refractivity contribution in [3.63, 3.8) is 0 Å². The quantitative estimate of drug-likeness (QED) is 0.181. The van der Waals surface area contributed by atoms with E-state index in [0.29, 0.717) is 0 Å². The van der Waals surface area contributed by atoms with Gasteiger partial charge in [0.2, 0.25) is 0 Å². The first-order valence-electron chi connectivity index (χ1n) is 16.7. The molecule has 1 aliphatic carbocycles. The number of rotatable bonds is 1. The number of aryl methyl sites for hydroxylation is 1. The Labute approximate surface area is 268 Å². The van der Waals surface area contributed by atoms with Crippen molar-refractivity contribution in [1.29, 1.82) is 0 Å². The second-order valence-corrected chi connectivity index (χ2v) is 15.8. The zero-order valence-electron chi connectivity index (χ0n) is 27.6. The molecule has 0 N–H and O–H groups in total. The fourth-order valence-electron chi connectivity index (χ4n) is 9.18. The minimum atomic E-state index is -0.110. The van der Waals surface area contributed by atoms with Crippen molar-refractivity contribution in [2.24, 2.45) is 0 Å². The third-order valence-corrected chi connectivity index (χ3v) is 11.7. The van der Waals surface area contributed by atoms with Crippen LogP contribution in [-0.4, -0.2) is 6.85 Å². The minimum absolute atomic E-state index is 0.0653. The van der Waals surface area contributed by atoms with Gasteiger partial charge in [0, 0.05) is 33.7 Å². The first-order valence-corrected chi connectivity index (χ1v) is 16.7. The Morgan fingerprint density at radius 1 is 0.578 bits per heavy atom. The zero-order chi connectivity index (χ0) is 31.0. The highest BCUT2D eigenvalue weighted by atomic mass is 15.2. The van der Waals surface area contributed by atoms with Crippen LogP contribution in [0.5, 0.6) is 0 Å². The Bertz CT molecular complexity index is 2070. The average Bonchev–Trinajstić information content (AvgIpc) is 3.02. The number of anilines is 5. The number of fused-ring (bicyclic) bond motifs is 7. The second kappa shape index (κ2) is 8.72. The molecule has 3 aliphatic heterocycles. The molecule has 222 valence electrons. The standard InChI is InChI=1S/C42H41BN2/c1-26-22-29-28-24-32-33(41(4,5)21-20-40(32,2)3)25-36(28)45(27-14-9-8-10-15-27)43-34-18-13-17-31-39(34)44(37(23-26)38(29)43)35-19-12-11-16-30(35)42(31,6)7/h8-19,22-25H,20-21H2,1-7H3. The van der Waals surface area contributed by atoms with Crippen molar-refractivity contribution >= 4 is 46.2 Å². The molecule has 45 heavy (non-hydrogen) atoms. The lowest BCUT2D eigenvalue weighted by Crippen LogP contribution is -2.62. The van der Waals surface area contributed by atoms with Crippen molar-refractivity contribution in [2.45, 2.75) is 77.6 Å². The van der Waals surface area contributed by atoms with Crippen LogP contribution in [-0.2, 0) is 16.2 Å². The van der Waals surface area contributed by atoms with Crippen molar-refractivity contribution in [2.75, 3.05) is 9.71 Å². The van der Waals surface area contributed by atoms with E-state index in [2.05, 4.69) is 155 Å². The van der Waals surface area contributed by atoms with Gasteiger partial charge in [-0.25, -0.2) is 0 Å². The SMILES string of the molecule is Cc1cc2c3c(c1)N1c4ccccc4C(C)(C)c4cccc(c41)B3N(c1ccccc1)c1cc3c(cc1-2)C(C)(C)CCC3(C)C. The van der Waals surface area contributed by atoms with Gasteiger partial charge >= 0.3 is 6.85 Å². The summed E-state index contributed by atoms with van der Waals surface area (Å²) in [7, 11) is 0. The van der Waals surface area contributed by atoms with E-state index in [1.807, 2.05) is 0 Å². The summed E-state index contributed by atoms with van der Waals surface area (Å²) >= 11 is 0. The molecule has 9 rings (SSSR count). The van der Waals surface area contributed by atoms with Crippen LogP contribution < -0.4 is 20.6 Å². The van der Waals surface area contributed by atoms with Gasteiger partial charge in [0.1, 0.15) is 0 Å². The van der Waals surface area contributed by atoms with E-state index < -0.39 is 0 Å². The molecule has 3 heterocycles. The van der Waals surface area contributed by atoms with Crippen LogP contribution in [0.25, 0.3) is 11.1 Å².